The van der Waals surface area contributed by atoms with Gasteiger partial charge in [0.2, 0.25) is 0 Å². The van der Waals surface area contributed by atoms with E-state index in [9.17, 15) is 14.2 Å². The van der Waals surface area contributed by atoms with Gasteiger partial charge in [0.05, 0.1) is 6.61 Å². The van der Waals surface area contributed by atoms with E-state index in [1.165, 1.54) is 116 Å². The van der Waals surface area contributed by atoms with Crippen molar-refractivity contribution in [2.75, 3.05) is 13.2 Å². The number of carbonyl (C=O) groups is 2. The van der Waals surface area contributed by atoms with Gasteiger partial charge in [0.15, 0.2) is 6.10 Å². The first-order valence-corrected chi connectivity index (χ1v) is 22.8. The van der Waals surface area contributed by atoms with Gasteiger partial charge >= 0.3 is 19.8 Å². The molecule has 0 bridgehead atoms. The summed E-state index contributed by atoms with van der Waals surface area (Å²) in [7, 11) is -4.75. The van der Waals surface area contributed by atoms with Crippen LogP contribution in [0.5, 0.6) is 0 Å². The Kier molecular flexibility index (Phi) is 37.7. The highest BCUT2D eigenvalue weighted by Crippen LogP contribution is 2.36. The van der Waals surface area contributed by atoms with Gasteiger partial charge in [-0.3, -0.25) is 14.1 Å². The molecule has 0 aromatic carbocycles. The predicted molar refractivity (Wildman–Crippen MR) is 216 cm³/mol. The average molecular weight is 755 g/mol. The number of rotatable bonds is 39. The van der Waals surface area contributed by atoms with E-state index in [2.05, 4.69) is 54.8 Å². The minimum Gasteiger partial charge on any atom is -0.462 e. The molecule has 304 valence electrons. The first-order valence-electron chi connectivity index (χ1n) is 21.3. The lowest BCUT2D eigenvalue weighted by Crippen LogP contribution is -2.29. The van der Waals surface area contributed by atoms with E-state index in [0.717, 1.165) is 57.8 Å². The monoisotopic (exact) mass is 755 g/mol. The van der Waals surface area contributed by atoms with Crippen molar-refractivity contribution >= 4 is 19.8 Å². The van der Waals surface area contributed by atoms with Crippen LogP contribution in [0.25, 0.3) is 0 Å². The van der Waals surface area contributed by atoms with Crippen molar-refractivity contribution in [3.8, 4) is 0 Å². The van der Waals surface area contributed by atoms with Crippen molar-refractivity contribution < 1.29 is 37.9 Å². The lowest BCUT2D eigenvalue weighted by atomic mass is 10.1. The van der Waals surface area contributed by atoms with Gasteiger partial charge in [-0.25, -0.2) is 4.57 Å². The first-order chi connectivity index (χ1) is 25.3. The third-order valence-electron chi connectivity index (χ3n) is 9.13. The molecule has 9 heteroatoms. The number of hydrogen-bond donors (Lipinski definition) is 2. The van der Waals surface area contributed by atoms with Crippen molar-refractivity contribution in [3.63, 3.8) is 0 Å². The van der Waals surface area contributed by atoms with Gasteiger partial charge in [0, 0.05) is 12.8 Å². The highest BCUT2D eigenvalue weighted by molar-refractivity contribution is 7.46. The number of phosphoric acid groups is 1. The molecule has 0 rings (SSSR count). The minimum atomic E-state index is -4.75. The molecule has 0 saturated heterocycles. The Bertz CT molecular complexity index is 941. The summed E-state index contributed by atoms with van der Waals surface area (Å²) in [5, 5.41) is 0. The molecular weight excluding hydrogens is 675 g/mol. The first kappa shape index (κ1) is 50.3. The van der Waals surface area contributed by atoms with Crippen LogP contribution >= 0.6 is 7.82 Å². The molecule has 0 fully saturated rings. The molecule has 8 nitrogen and oxygen atoms in total. The molecule has 0 spiro atoms. The fourth-order valence-electron chi connectivity index (χ4n) is 5.91. The maximum atomic E-state index is 12.4. The molecular formula is C43H79O8P. The van der Waals surface area contributed by atoms with E-state index in [0.29, 0.717) is 6.42 Å². The number of phosphoric ester groups is 1. The molecule has 0 radical (unpaired) electrons. The Balaban J connectivity index is 3.89. The highest BCUT2D eigenvalue weighted by atomic mass is 31.2. The van der Waals surface area contributed by atoms with E-state index >= 15 is 0 Å². The Morgan fingerprint density at radius 1 is 0.500 bits per heavy atom. The quantitative estimate of drug-likeness (QED) is 0.0275. The van der Waals surface area contributed by atoms with E-state index in [1.54, 1.807) is 0 Å². The van der Waals surface area contributed by atoms with Crippen LogP contribution < -0.4 is 0 Å². The number of unbranched alkanes of at least 4 members (excludes halogenated alkanes) is 23. The third-order valence-corrected chi connectivity index (χ3v) is 9.62. The molecule has 0 amide bonds. The fourth-order valence-corrected chi connectivity index (χ4v) is 6.27. The second-order valence-corrected chi connectivity index (χ2v) is 15.5. The van der Waals surface area contributed by atoms with Gasteiger partial charge in [0.25, 0.3) is 0 Å². The molecule has 0 aliphatic heterocycles. The molecule has 0 unspecified atom stereocenters. The van der Waals surface area contributed by atoms with Gasteiger partial charge in [0.1, 0.15) is 6.61 Å². The SMILES string of the molecule is CCCC/C=C/CCCCCCCCCCCC(=O)O[C@H](COC(=O)CCCCCCCCCCC/C=C/C/C=C/CCCCC)COP(=O)(O)O. The zero-order valence-electron chi connectivity index (χ0n) is 33.5. The Labute approximate surface area is 319 Å². The summed E-state index contributed by atoms with van der Waals surface area (Å²) in [6.45, 7) is 3.64. The summed E-state index contributed by atoms with van der Waals surface area (Å²) in [4.78, 5) is 42.9. The van der Waals surface area contributed by atoms with Gasteiger partial charge in [-0.15, -0.1) is 0 Å². The highest BCUT2D eigenvalue weighted by Gasteiger charge is 2.22. The zero-order chi connectivity index (χ0) is 38.2. The van der Waals surface area contributed by atoms with Crippen LogP contribution in [-0.4, -0.2) is 41.0 Å². The maximum Gasteiger partial charge on any atom is 0.469 e. The van der Waals surface area contributed by atoms with Crippen LogP contribution in [0.3, 0.4) is 0 Å². The van der Waals surface area contributed by atoms with Gasteiger partial charge < -0.3 is 19.3 Å². The lowest BCUT2D eigenvalue weighted by Gasteiger charge is -2.18. The van der Waals surface area contributed by atoms with E-state index in [1.807, 2.05) is 0 Å². The van der Waals surface area contributed by atoms with E-state index in [-0.39, 0.29) is 19.4 Å². The maximum absolute atomic E-state index is 12.4. The number of allylic oxidation sites excluding steroid dienone is 6. The minimum absolute atomic E-state index is 0.209. The molecule has 0 heterocycles. The molecule has 0 aliphatic rings. The van der Waals surface area contributed by atoms with Gasteiger partial charge in [-0.05, 0) is 64.2 Å². The molecule has 2 N–H and O–H groups in total. The molecule has 0 saturated carbocycles. The number of ether oxygens (including phenoxy) is 2. The summed E-state index contributed by atoms with van der Waals surface area (Å²) in [6, 6.07) is 0. The van der Waals surface area contributed by atoms with E-state index < -0.39 is 32.5 Å². The van der Waals surface area contributed by atoms with Crippen LogP contribution in [0.15, 0.2) is 36.5 Å². The Hall–Kier alpha value is -1.73. The summed E-state index contributed by atoms with van der Waals surface area (Å²) in [6.07, 6.45) is 45.7. The largest absolute Gasteiger partial charge is 0.469 e. The van der Waals surface area contributed by atoms with Crippen LogP contribution in [-0.2, 0) is 28.2 Å². The van der Waals surface area contributed by atoms with Crippen molar-refractivity contribution in [3.05, 3.63) is 36.5 Å². The van der Waals surface area contributed by atoms with Crippen LogP contribution in [0.4, 0.5) is 0 Å². The fraction of sp³-hybridized carbons (Fsp3) is 0.814. The Morgan fingerprint density at radius 2 is 0.885 bits per heavy atom. The van der Waals surface area contributed by atoms with Crippen molar-refractivity contribution in [2.45, 2.75) is 213 Å². The topological polar surface area (TPSA) is 119 Å². The standard InChI is InChI=1S/C43H79O8P/c1-3-5-7-9-11-13-15-17-19-20-21-22-24-25-27-29-31-33-35-37-42(44)49-39-41(40-50-52(46,47)48)51-43(45)38-36-34-32-30-28-26-23-18-16-14-12-10-8-6-4-2/h10-13,17,19,41H,3-9,14-16,18,20-40H2,1-2H3,(H2,46,47,48)/b12-10+,13-11+,19-17+/t41-/m1/s1. The Morgan fingerprint density at radius 3 is 1.35 bits per heavy atom. The summed E-state index contributed by atoms with van der Waals surface area (Å²) in [5.74, 6) is -0.888. The van der Waals surface area contributed by atoms with Gasteiger partial charge in [-0.2, -0.15) is 0 Å². The van der Waals surface area contributed by atoms with Crippen LogP contribution in [0.2, 0.25) is 0 Å². The molecule has 52 heavy (non-hydrogen) atoms. The average Bonchev–Trinajstić information content (AvgIpc) is 3.11. The smallest absolute Gasteiger partial charge is 0.462 e. The van der Waals surface area contributed by atoms with Crippen molar-refractivity contribution in [1.82, 2.24) is 0 Å². The third kappa shape index (κ3) is 41.0. The van der Waals surface area contributed by atoms with Crippen LogP contribution in [0.1, 0.15) is 206 Å². The molecule has 0 aliphatic carbocycles. The molecule has 1 atom stereocenters. The number of hydrogen-bond acceptors (Lipinski definition) is 6. The second-order valence-electron chi connectivity index (χ2n) is 14.3. The zero-order valence-corrected chi connectivity index (χ0v) is 34.4. The van der Waals surface area contributed by atoms with Crippen LogP contribution in [0, 0.1) is 0 Å². The van der Waals surface area contributed by atoms with E-state index in [4.69, 9.17) is 19.3 Å². The van der Waals surface area contributed by atoms with Gasteiger partial charge in [-0.1, -0.05) is 166 Å². The summed E-state index contributed by atoms with van der Waals surface area (Å²) in [5.41, 5.74) is 0. The van der Waals surface area contributed by atoms with Crippen molar-refractivity contribution in [1.29, 1.82) is 0 Å². The number of esters is 2. The molecule has 0 aromatic heterocycles. The lowest BCUT2D eigenvalue weighted by molar-refractivity contribution is -0.161. The predicted octanol–water partition coefficient (Wildman–Crippen LogP) is 13.0. The summed E-state index contributed by atoms with van der Waals surface area (Å²) < 4.78 is 26.4. The molecule has 0 aromatic rings. The normalized spacial score (nSPS) is 12.8. The second kappa shape index (κ2) is 39.0. The van der Waals surface area contributed by atoms with Crippen molar-refractivity contribution in [2.24, 2.45) is 0 Å². The number of carbonyl (C=O) groups excluding carboxylic acids is 2. The summed E-state index contributed by atoms with van der Waals surface area (Å²) >= 11 is 0.